The highest BCUT2D eigenvalue weighted by Crippen LogP contribution is 2.21. The maximum atomic E-state index is 13.5. The summed E-state index contributed by atoms with van der Waals surface area (Å²) in [6.07, 6.45) is 1.24. The van der Waals surface area contributed by atoms with Crippen molar-refractivity contribution in [1.82, 2.24) is 9.29 Å². The molecule has 1 atom stereocenters. The largest absolute Gasteiger partial charge is 0.378 e. The van der Waals surface area contributed by atoms with Crippen molar-refractivity contribution in [2.45, 2.75) is 11.1 Å². The van der Waals surface area contributed by atoms with E-state index in [1.807, 2.05) is 0 Å². The van der Waals surface area contributed by atoms with Crippen LogP contribution in [0.5, 0.6) is 0 Å². The molecule has 2 heterocycles. The molecular formula is C10H12ClFN2O3S. The van der Waals surface area contributed by atoms with Crippen LogP contribution in [0.25, 0.3) is 0 Å². The van der Waals surface area contributed by atoms with Crippen LogP contribution in [0.4, 0.5) is 4.39 Å². The number of hydrogen-bond acceptors (Lipinski definition) is 4. The van der Waals surface area contributed by atoms with Gasteiger partial charge in [-0.1, -0.05) is 0 Å². The van der Waals surface area contributed by atoms with Crippen LogP contribution < -0.4 is 0 Å². The van der Waals surface area contributed by atoms with Gasteiger partial charge in [0.15, 0.2) is 5.82 Å². The van der Waals surface area contributed by atoms with Gasteiger partial charge >= 0.3 is 0 Å². The van der Waals surface area contributed by atoms with Crippen molar-refractivity contribution in [2.75, 3.05) is 25.6 Å². The Balaban J connectivity index is 2.39. The van der Waals surface area contributed by atoms with Crippen molar-refractivity contribution in [1.29, 1.82) is 0 Å². The van der Waals surface area contributed by atoms with Crippen LogP contribution in [-0.4, -0.2) is 49.4 Å². The summed E-state index contributed by atoms with van der Waals surface area (Å²) in [5.74, 6) is -0.773. The molecule has 1 saturated heterocycles. The van der Waals surface area contributed by atoms with Crippen LogP contribution in [0.2, 0.25) is 0 Å². The number of ether oxygens (including phenoxy) is 1. The third-order valence-corrected chi connectivity index (χ3v) is 4.87. The standard InChI is InChI=1S/C10H12ClFN2O3S/c11-6-8-7-17-5-4-14(8)18(15,16)10-9(12)2-1-3-13-10/h1-3,8H,4-7H2. The van der Waals surface area contributed by atoms with Crippen LogP contribution in [0, 0.1) is 5.82 Å². The molecule has 0 aliphatic carbocycles. The molecule has 1 aromatic heterocycles. The number of hydrogen-bond donors (Lipinski definition) is 0. The first-order valence-corrected chi connectivity index (χ1v) is 7.31. The van der Waals surface area contributed by atoms with Gasteiger partial charge < -0.3 is 4.74 Å². The highest BCUT2D eigenvalue weighted by atomic mass is 35.5. The van der Waals surface area contributed by atoms with E-state index in [1.54, 1.807) is 0 Å². The van der Waals surface area contributed by atoms with Gasteiger partial charge in [-0.15, -0.1) is 11.6 Å². The first-order valence-electron chi connectivity index (χ1n) is 5.33. The van der Waals surface area contributed by atoms with Gasteiger partial charge in [0.1, 0.15) is 0 Å². The summed E-state index contributed by atoms with van der Waals surface area (Å²) in [6.45, 7) is 0.619. The van der Waals surface area contributed by atoms with Crippen LogP contribution in [0.15, 0.2) is 23.4 Å². The fourth-order valence-electron chi connectivity index (χ4n) is 1.75. The Morgan fingerprint density at radius 2 is 2.39 bits per heavy atom. The quantitative estimate of drug-likeness (QED) is 0.776. The van der Waals surface area contributed by atoms with Gasteiger partial charge in [0, 0.05) is 18.6 Å². The molecular weight excluding hydrogens is 283 g/mol. The Morgan fingerprint density at radius 1 is 1.61 bits per heavy atom. The number of aromatic nitrogens is 1. The van der Waals surface area contributed by atoms with E-state index in [0.29, 0.717) is 0 Å². The molecule has 1 aromatic rings. The molecule has 0 bridgehead atoms. The SMILES string of the molecule is O=S(=O)(c1ncccc1F)N1CCOCC1CCl. The van der Waals surface area contributed by atoms with Gasteiger partial charge in [-0.05, 0) is 12.1 Å². The van der Waals surface area contributed by atoms with E-state index in [0.717, 1.165) is 10.4 Å². The molecule has 5 nitrogen and oxygen atoms in total. The summed E-state index contributed by atoms with van der Waals surface area (Å²) >= 11 is 5.71. The maximum Gasteiger partial charge on any atom is 0.263 e. The van der Waals surface area contributed by atoms with Crippen LogP contribution in [-0.2, 0) is 14.8 Å². The normalized spacial score (nSPS) is 22.0. The molecule has 0 spiro atoms. The Bertz CT molecular complexity index is 526. The second-order valence-corrected chi connectivity index (χ2v) is 5.90. The van der Waals surface area contributed by atoms with E-state index >= 15 is 0 Å². The number of alkyl halides is 1. The van der Waals surface area contributed by atoms with Gasteiger partial charge in [-0.2, -0.15) is 4.31 Å². The highest BCUT2D eigenvalue weighted by molar-refractivity contribution is 7.89. The zero-order valence-electron chi connectivity index (χ0n) is 9.42. The molecule has 18 heavy (non-hydrogen) atoms. The predicted octanol–water partition coefficient (Wildman–Crippen LogP) is 0.849. The van der Waals surface area contributed by atoms with Gasteiger partial charge in [0.05, 0.1) is 19.3 Å². The molecule has 0 saturated carbocycles. The second-order valence-electron chi connectivity index (χ2n) is 3.79. The molecule has 8 heteroatoms. The van der Waals surface area contributed by atoms with E-state index in [4.69, 9.17) is 16.3 Å². The van der Waals surface area contributed by atoms with Crippen LogP contribution >= 0.6 is 11.6 Å². The fourth-order valence-corrected chi connectivity index (χ4v) is 3.66. The summed E-state index contributed by atoms with van der Waals surface area (Å²) in [5, 5.41) is -0.568. The van der Waals surface area contributed by atoms with Gasteiger partial charge in [-0.3, -0.25) is 0 Å². The van der Waals surface area contributed by atoms with Crippen molar-refractivity contribution in [3.63, 3.8) is 0 Å². The van der Waals surface area contributed by atoms with Crippen molar-refractivity contribution < 1.29 is 17.5 Å². The average Bonchev–Trinajstić information content (AvgIpc) is 2.39. The average molecular weight is 295 g/mol. The lowest BCUT2D eigenvalue weighted by Gasteiger charge is -2.32. The summed E-state index contributed by atoms with van der Waals surface area (Å²) in [7, 11) is -3.97. The van der Waals surface area contributed by atoms with E-state index in [2.05, 4.69) is 4.98 Å². The topological polar surface area (TPSA) is 59.5 Å². The number of nitrogens with zero attached hydrogens (tertiary/aromatic N) is 2. The lowest BCUT2D eigenvalue weighted by Crippen LogP contribution is -2.49. The highest BCUT2D eigenvalue weighted by Gasteiger charge is 2.36. The van der Waals surface area contributed by atoms with Crippen molar-refractivity contribution in [3.05, 3.63) is 24.1 Å². The van der Waals surface area contributed by atoms with E-state index in [-0.39, 0.29) is 25.6 Å². The molecule has 2 rings (SSSR count). The molecule has 1 fully saturated rings. The summed E-state index contributed by atoms with van der Waals surface area (Å²) in [5.41, 5.74) is 0. The number of halogens is 2. The molecule has 0 amide bonds. The summed E-state index contributed by atoms with van der Waals surface area (Å²) in [6, 6.07) is 1.91. The lowest BCUT2D eigenvalue weighted by atomic mass is 10.3. The van der Waals surface area contributed by atoms with Crippen LogP contribution in [0.3, 0.4) is 0 Å². The molecule has 1 unspecified atom stereocenters. The Morgan fingerprint density at radius 3 is 3.06 bits per heavy atom. The fraction of sp³-hybridized carbons (Fsp3) is 0.500. The van der Waals surface area contributed by atoms with Crippen LogP contribution in [0.1, 0.15) is 0 Å². The first kappa shape index (κ1) is 13.7. The third-order valence-electron chi connectivity index (χ3n) is 2.63. The van der Waals surface area contributed by atoms with Gasteiger partial charge in [-0.25, -0.2) is 17.8 Å². The third kappa shape index (κ3) is 2.49. The molecule has 0 N–H and O–H groups in total. The van der Waals surface area contributed by atoms with E-state index in [1.165, 1.54) is 12.3 Å². The minimum atomic E-state index is -3.97. The second kappa shape index (κ2) is 5.48. The number of sulfonamides is 1. The van der Waals surface area contributed by atoms with Crippen molar-refractivity contribution in [3.8, 4) is 0 Å². The minimum Gasteiger partial charge on any atom is -0.378 e. The summed E-state index contributed by atoms with van der Waals surface area (Å²) < 4.78 is 44.4. The predicted molar refractivity (Wildman–Crippen MR) is 63.4 cm³/mol. The Hall–Kier alpha value is -0.760. The van der Waals surface area contributed by atoms with Crippen molar-refractivity contribution in [2.24, 2.45) is 0 Å². The number of pyridine rings is 1. The first-order chi connectivity index (χ1) is 8.57. The molecule has 1 aliphatic heterocycles. The zero-order chi connectivity index (χ0) is 13.2. The Labute approximate surface area is 110 Å². The van der Waals surface area contributed by atoms with Gasteiger partial charge in [0.2, 0.25) is 5.03 Å². The van der Waals surface area contributed by atoms with E-state index in [9.17, 15) is 12.8 Å². The number of rotatable bonds is 3. The number of morpholine rings is 1. The zero-order valence-corrected chi connectivity index (χ0v) is 11.0. The van der Waals surface area contributed by atoms with E-state index < -0.39 is 26.9 Å². The lowest BCUT2D eigenvalue weighted by molar-refractivity contribution is 0.0402. The molecule has 1 aliphatic rings. The Kier molecular flexibility index (Phi) is 4.16. The summed E-state index contributed by atoms with van der Waals surface area (Å²) in [4.78, 5) is 3.61. The minimum absolute atomic E-state index is 0.0910. The molecule has 0 radical (unpaired) electrons. The molecule has 100 valence electrons. The van der Waals surface area contributed by atoms with Gasteiger partial charge in [0.25, 0.3) is 10.0 Å². The van der Waals surface area contributed by atoms with Crippen molar-refractivity contribution >= 4 is 21.6 Å². The smallest absolute Gasteiger partial charge is 0.263 e. The maximum absolute atomic E-state index is 13.5. The monoisotopic (exact) mass is 294 g/mol. The molecule has 0 aromatic carbocycles.